The van der Waals surface area contributed by atoms with Gasteiger partial charge in [-0.25, -0.2) is 0 Å². The summed E-state index contributed by atoms with van der Waals surface area (Å²) in [7, 11) is 1.35. The van der Waals surface area contributed by atoms with Gasteiger partial charge in [-0.1, -0.05) is 22.9 Å². The number of halogens is 1. The van der Waals surface area contributed by atoms with Gasteiger partial charge in [0.25, 0.3) is 0 Å². The Bertz CT molecular complexity index is 491. The van der Waals surface area contributed by atoms with E-state index >= 15 is 0 Å². The lowest BCUT2D eigenvalue weighted by molar-refractivity contribution is -0.141. The van der Waals surface area contributed by atoms with Crippen molar-refractivity contribution in [3.8, 4) is 0 Å². The number of nitrogens with one attached hydrogen (secondary N) is 1. The van der Waals surface area contributed by atoms with Gasteiger partial charge in [0.2, 0.25) is 5.91 Å². The van der Waals surface area contributed by atoms with Crippen molar-refractivity contribution in [1.82, 2.24) is 0 Å². The summed E-state index contributed by atoms with van der Waals surface area (Å²) in [5, 5.41) is 2.94. The quantitative estimate of drug-likeness (QED) is 0.832. The number of methoxy groups -OCH3 is 1. The first-order valence-electron chi connectivity index (χ1n) is 6.49. The Balaban J connectivity index is 2.69. The van der Waals surface area contributed by atoms with Crippen LogP contribution in [0, 0.1) is 19.8 Å². The smallest absolute Gasteiger partial charge is 0.305 e. The Morgan fingerprint density at radius 1 is 1.30 bits per heavy atom. The molecule has 0 radical (unpaired) electrons. The lowest BCUT2D eigenvalue weighted by atomic mass is 10.0. The Morgan fingerprint density at radius 2 is 1.85 bits per heavy atom. The third-order valence-electron chi connectivity index (χ3n) is 3.20. The van der Waals surface area contributed by atoms with E-state index in [0.717, 1.165) is 21.3 Å². The maximum atomic E-state index is 12.1. The number of hydrogen-bond donors (Lipinski definition) is 1. The molecule has 0 aromatic heterocycles. The van der Waals surface area contributed by atoms with Crippen LogP contribution in [0.25, 0.3) is 0 Å². The minimum absolute atomic E-state index is 0.0811. The molecule has 0 heterocycles. The van der Waals surface area contributed by atoms with Gasteiger partial charge in [-0.3, -0.25) is 9.59 Å². The molecular weight excluding hydrogens is 322 g/mol. The van der Waals surface area contributed by atoms with Gasteiger partial charge in [0.05, 0.1) is 7.11 Å². The molecule has 0 unspecified atom stereocenters. The molecule has 0 saturated carbocycles. The summed E-state index contributed by atoms with van der Waals surface area (Å²) in [6.07, 6.45) is 0.733. The highest BCUT2D eigenvalue weighted by Crippen LogP contribution is 2.25. The molecule has 0 aliphatic carbocycles. The predicted octanol–water partition coefficient (Wildman–Crippen LogP) is 3.59. The van der Waals surface area contributed by atoms with Gasteiger partial charge in [-0.15, -0.1) is 0 Å². The first-order chi connectivity index (χ1) is 9.35. The summed E-state index contributed by atoms with van der Waals surface area (Å²) in [4.78, 5) is 23.2. The molecule has 0 spiro atoms. The van der Waals surface area contributed by atoms with Crippen LogP contribution in [0.2, 0.25) is 0 Å². The largest absolute Gasteiger partial charge is 0.469 e. The molecule has 0 bridgehead atoms. The van der Waals surface area contributed by atoms with Gasteiger partial charge in [0, 0.05) is 22.5 Å². The number of esters is 1. The molecule has 0 saturated heterocycles. The van der Waals surface area contributed by atoms with E-state index in [1.807, 2.05) is 32.9 Å². The van der Waals surface area contributed by atoms with Crippen LogP contribution in [-0.4, -0.2) is 19.0 Å². The summed E-state index contributed by atoms with van der Waals surface area (Å²) in [5.41, 5.74) is 2.85. The first kappa shape index (κ1) is 16.7. The molecule has 4 nitrogen and oxygen atoms in total. The molecule has 1 aromatic carbocycles. The van der Waals surface area contributed by atoms with Crippen molar-refractivity contribution in [1.29, 1.82) is 0 Å². The van der Waals surface area contributed by atoms with E-state index in [4.69, 9.17) is 0 Å². The Hall–Kier alpha value is -1.36. The zero-order valence-electron chi connectivity index (χ0n) is 12.2. The molecule has 0 fully saturated rings. The van der Waals surface area contributed by atoms with Crippen molar-refractivity contribution < 1.29 is 14.3 Å². The summed E-state index contributed by atoms with van der Waals surface area (Å²) in [5.74, 6) is -0.611. The normalized spacial score (nSPS) is 11.8. The molecule has 110 valence electrons. The highest BCUT2D eigenvalue weighted by Gasteiger charge is 2.16. The van der Waals surface area contributed by atoms with Gasteiger partial charge >= 0.3 is 5.97 Å². The van der Waals surface area contributed by atoms with E-state index in [0.29, 0.717) is 6.42 Å². The molecule has 0 aliphatic rings. The fourth-order valence-corrected chi connectivity index (χ4v) is 2.61. The van der Waals surface area contributed by atoms with Gasteiger partial charge in [-0.05, 0) is 43.5 Å². The number of anilines is 1. The van der Waals surface area contributed by atoms with E-state index in [-0.39, 0.29) is 24.2 Å². The van der Waals surface area contributed by atoms with E-state index in [2.05, 4.69) is 26.0 Å². The Kier molecular flexibility index (Phi) is 6.20. The van der Waals surface area contributed by atoms with E-state index in [9.17, 15) is 9.59 Å². The monoisotopic (exact) mass is 341 g/mol. The average Bonchev–Trinajstić information content (AvgIpc) is 2.39. The Morgan fingerprint density at radius 3 is 2.35 bits per heavy atom. The summed E-state index contributed by atoms with van der Waals surface area (Å²) >= 11 is 3.43. The Labute approximate surface area is 128 Å². The van der Waals surface area contributed by atoms with Crippen LogP contribution in [0.15, 0.2) is 16.6 Å². The second-order valence-corrected chi connectivity index (χ2v) is 5.84. The lowest BCUT2D eigenvalue weighted by Crippen LogP contribution is -2.22. The summed E-state index contributed by atoms with van der Waals surface area (Å²) in [6.45, 7) is 5.71. The lowest BCUT2D eigenvalue weighted by Gasteiger charge is -2.15. The van der Waals surface area contributed by atoms with E-state index in [1.54, 1.807) is 0 Å². The van der Waals surface area contributed by atoms with Crippen LogP contribution in [0.1, 0.15) is 30.9 Å². The van der Waals surface area contributed by atoms with E-state index in [1.165, 1.54) is 7.11 Å². The van der Waals surface area contributed by atoms with Crippen molar-refractivity contribution in [2.75, 3.05) is 12.4 Å². The highest BCUT2D eigenvalue weighted by atomic mass is 79.9. The molecule has 20 heavy (non-hydrogen) atoms. The van der Waals surface area contributed by atoms with E-state index < -0.39 is 0 Å². The van der Waals surface area contributed by atoms with Crippen LogP contribution in [0.5, 0.6) is 0 Å². The fourth-order valence-electron chi connectivity index (χ4n) is 1.92. The molecular formula is C15H20BrNO3. The second kappa shape index (κ2) is 7.43. The van der Waals surface area contributed by atoms with Gasteiger partial charge in [-0.2, -0.15) is 0 Å². The molecule has 1 rings (SSSR count). The van der Waals surface area contributed by atoms with Crippen LogP contribution in [0.4, 0.5) is 5.69 Å². The molecule has 1 atom stereocenters. The van der Waals surface area contributed by atoms with Crippen molar-refractivity contribution in [2.45, 2.75) is 33.6 Å². The van der Waals surface area contributed by atoms with Gasteiger partial charge in [0.1, 0.15) is 0 Å². The van der Waals surface area contributed by atoms with Gasteiger partial charge < -0.3 is 10.1 Å². The minimum atomic E-state index is -0.291. The molecule has 1 aromatic rings. The zero-order valence-corrected chi connectivity index (χ0v) is 13.8. The third kappa shape index (κ3) is 4.63. The van der Waals surface area contributed by atoms with Crippen molar-refractivity contribution in [3.05, 3.63) is 27.7 Å². The number of benzene rings is 1. The molecule has 0 aliphatic heterocycles. The minimum Gasteiger partial charge on any atom is -0.469 e. The van der Waals surface area contributed by atoms with Crippen molar-refractivity contribution in [2.24, 2.45) is 5.92 Å². The molecule has 1 amide bonds. The van der Waals surface area contributed by atoms with Crippen LogP contribution >= 0.6 is 15.9 Å². The number of aryl methyl sites for hydroxylation is 2. The average molecular weight is 342 g/mol. The maximum absolute atomic E-state index is 12.1. The summed E-state index contributed by atoms with van der Waals surface area (Å²) in [6, 6.07) is 3.92. The topological polar surface area (TPSA) is 55.4 Å². The summed E-state index contributed by atoms with van der Waals surface area (Å²) < 4.78 is 5.56. The van der Waals surface area contributed by atoms with Crippen LogP contribution in [-0.2, 0) is 14.3 Å². The fraction of sp³-hybridized carbons (Fsp3) is 0.467. The van der Waals surface area contributed by atoms with Crippen molar-refractivity contribution >= 4 is 33.5 Å². The zero-order chi connectivity index (χ0) is 15.3. The first-order valence-corrected chi connectivity index (χ1v) is 7.29. The second-order valence-electron chi connectivity index (χ2n) is 4.92. The number of carbonyl (C=O) groups is 2. The van der Waals surface area contributed by atoms with Crippen LogP contribution < -0.4 is 5.32 Å². The standard InChI is InChI=1S/C15H20BrNO3/c1-9(5-6-13(18)20-4)15(19)17-14-10(2)7-12(16)8-11(14)3/h7-9H,5-6H2,1-4H3,(H,17,19)/t9-/m1/s1. The molecule has 5 heteroatoms. The number of hydrogen-bond acceptors (Lipinski definition) is 3. The third-order valence-corrected chi connectivity index (χ3v) is 3.66. The number of amides is 1. The van der Waals surface area contributed by atoms with Crippen molar-refractivity contribution in [3.63, 3.8) is 0 Å². The highest BCUT2D eigenvalue weighted by molar-refractivity contribution is 9.10. The predicted molar refractivity (Wildman–Crippen MR) is 82.7 cm³/mol. The molecule has 1 N–H and O–H groups in total. The number of ether oxygens (including phenoxy) is 1. The maximum Gasteiger partial charge on any atom is 0.305 e. The van der Waals surface area contributed by atoms with Gasteiger partial charge in [0.15, 0.2) is 0 Å². The van der Waals surface area contributed by atoms with Crippen LogP contribution in [0.3, 0.4) is 0 Å². The number of rotatable bonds is 5. The SMILES string of the molecule is COC(=O)CC[C@@H](C)C(=O)Nc1c(C)cc(Br)cc1C. The number of carbonyl (C=O) groups excluding carboxylic acids is 2.